The zero-order valence-electron chi connectivity index (χ0n) is 16.2. The molecule has 1 heterocycles. The predicted octanol–water partition coefficient (Wildman–Crippen LogP) is 6.70. The molecule has 0 bridgehead atoms. The van der Waals surface area contributed by atoms with Gasteiger partial charge < -0.3 is 14.4 Å². The first-order valence-corrected chi connectivity index (χ1v) is 10.2. The van der Waals surface area contributed by atoms with Crippen molar-refractivity contribution in [2.75, 3.05) is 6.61 Å². The average Bonchev–Trinajstić information content (AvgIpc) is 3.06. The summed E-state index contributed by atoms with van der Waals surface area (Å²) < 4.78 is 7.60. The average molecular weight is 440 g/mol. The lowest BCUT2D eigenvalue weighted by Crippen LogP contribution is -2.14. The summed E-state index contributed by atoms with van der Waals surface area (Å²) in [6.45, 7) is 2.57. The quantitative estimate of drug-likeness (QED) is 0.363. The van der Waals surface area contributed by atoms with Gasteiger partial charge in [-0.1, -0.05) is 71.7 Å². The van der Waals surface area contributed by atoms with Crippen LogP contribution in [0.25, 0.3) is 22.0 Å². The molecular weight excluding hydrogens is 421 g/mol. The molecule has 0 atom stereocenters. The molecule has 4 rings (SSSR count). The molecule has 1 aromatic heterocycles. The second-order valence-electron chi connectivity index (χ2n) is 6.91. The van der Waals surface area contributed by atoms with Crippen LogP contribution in [0.1, 0.15) is 16.1 Å². The third-order valence-electron chi connectivity index (χ3n) is 5.08. The molecule has 1 N–H and O–H groups in total. The number of nitrogens with zero attached hydrogens (tertiary/aromatic N) is 1. The number of carboxylic acids is 1. The minimum absolute atomic E-state index is 0.242. The third-order valence-corrected chi connectivity index (χ3v) is 5.88. The first-order valence-electron chi connectivity index (χ1n) is 9.46. The number of carboxylic acid groups (broad SMARTS) is 1. The van der Waals surface area contributed by atoms with Gasteiger partial charge in [0.2, 0.25) is 0 Å². The van der Waals surface area contributed by atoms with Gasteiger partial charge in [-0.15, -0.1) is 0 Å². The first-order chi connectivity index (χ1) is 14.5. The SMILES string of the molecule is Cc1ccccc1-c1c(C(=O)O)n(CCOc2cccc(Cl)c2Cl)c2ccccc12. The van der Waals surface area contributed by atoms with E-state index < -0.39 is 5.97 Å². The summed E-state index contributed by atoms with van der Waals surface area (Å²) in [4.78, 5) is 12.3. The van der Waals surface area contributed by atoms with Crippen LogP contribution in [-0.2, 0) is 6.54 Å². The Morgan fingerprint density at radius 2 is 1.73 bits per heavy atom. The Kier molecular flexibility index (Phi) is 5.71. The molecule has 0 unspecified atom stereocenters. The van der Waals surface area contributed by atoms with Crippen molar-refractivity contribution < 1.29 is 14.6 Å². The van der Waals surface area contributed by atoms with Gasteiger partial charge in [0.05, 0.1) is 11.6 Å². The number of aryl methyl sites for hydroxylation is 1. The fourth-order valence-electron chi connectivity index (χ4n) is 3.73. The van der Waals surface area contributed by atoms with Crippen LogP contribution in [0.5, 0.6) is 5.75 Å². The third kappa shape index (κ3) is 3.64. The highest BCUT2D eigenvalue weighted by molar-refractivity contribution is 6.42. The molecule has 0 aliphatic heterocycles. The molecular formula is C24H19Cl2NO3. The highest BCUT2D eigenvalue weighted by Crippen LogP contribution is 2.37. The van der Waals surface area contributed by atoms with E-state index in [9.17, 15) is 9.90 Å². The topological polar surface area (TPSA) is 51.5 Å². The zero-order chi connectivity index (χ0) is 21.3. The molecule has 3 aromatic carbocycles. The maximum absolute atomic E-state index is 12.3. The molecule has 152 valence electrons. The Morgan fingerprint density at radius 1 is 1.00 bits per heavy atom. The Morgan fingerprint density at radius 3 is 2.50 bits per heavy atom. The molecule has 4 nitrogen and oxygen atoms in total. The lowest BCUT2D eigenvalue weighted by atomic mass is 9.97. The summed E-state index contributed by atoms with van der Waals surface area (Å²) in [5.41, 5.74) is 3.73. The van der Waals surface area contributed by atoms with E-state index in [0.717, 1.165) is 27.6 Å². The van der Waals surface area contributed by atoms with Crippen LogP contribution < -0.4 is 4.74 Å². The van der Waals surface area contributed by atoms with E-state index in [1.807, 2.05) is 55.5 Å². The molecule has 0 spiro atoms. The van der Waals surface area contributed by atoms with Gasteiger partial charge >= 0.3 is 5.97 Å². The van der Waals surface area contributed by atoms with Gasteiger partial charge in [0.15, 0.2) is 0 Å². The van der Waals surface area contributed by atoms with Crippen LogP contribution in [0.15, 0.2) is 66.7 Å². The molecule has 0 fully saturated rings. The monoisotopic (exact) mass is 439 g/mol. The van der Waals surface area contributed by atoms with Gasteiger partial charge in [-0.2, -0.15) is 0 Å². The largest absolute Gasteiger partial charge is 0.490 e. The lowest BCUT2D eigenvalue weighted by Gasteiger charge is -2.12. The molecule has 0 aliphatic rings. The second kappa shape index (κ2) is 8.42. The van der Waals surface area contributed by atoms with Crippen molar-refractivity contribution in [3.05, 3.63) is 88.0 Å². The van der Waals surface area contributed by atoms with Crippen LogP contribution in [0.3, 0.4) is 0 Å². The van der Waals surface area contributed by atoms with Crippen molar-refractivity contribution in [3.8, 4) is 16.9 Å². The van der Waals surface area contributed by atoms with Crippen molar-refractivity contribution in [1.29, 1.82) is 0 Å². The van der Waals surface area contributed by atoms with Crippen LogP contribution in [-0.4, -0.2) is 22.2 Å². The van der Waals surface area contributed by atoms with Crippen LogP contribution >= 0.6 is 23.2 Å². The van der Waals surface area contributed by atoms with E-state index in [-0.39, 0.29) is 12.3 Å². The number of aromatic carboxylic acids is 1. The Labute approximate surface area is 184 Å². The predicted molar refractivity (Wildman–Crippen MR) is 121 cm³/mol. The molecule has 0 saturated carbocycles. The first kappa shape index (κ1) is 20.3. The minimum atomic E-state index is -0.981. The fraction of sp³-hybridized carbons (Fsp3) is 0.125. The Balaban J connectivity index is 1.78. The fourth-order valence-corrected chi connectivity index (χ4v) is 4.07. The van der Waals surface area contributed by atoms with Crippen molar-refractivity contribution in [2.24, 2.45) is 0 Å². The van der Waals surface area contributed by atoms with Gasteiger partial charge in [-0.25, -0.2) is 4.79 Å². The van der Waals surface area contributed by atoms with Crippen molar-refractivity contribution in [1.82, 2.24) is 4.57 Å². The lowest BCUT2D eigenvalue weighted by molar-refractivity contribution is 0.0685. The van der Waals surface area contributed by atoms with E-state index in [1.165, 1.54) is 0 Å². The van der Waals surface area contributed by atoms with E-state index in [4.69, 9.17) is 27.9 Å². The zero-order valence-corrected chi connectivity index (χ0v) is 17.7. The summed E-state index contributed by atoms with van der Waals surface area (Å²) in [6.07, 6.45) is 0. The van der Waals surface area contributed by atoms with Crippen LogP contribution in [0, 0.1) is 6.92 Å². The van der Waals surface area contributed by atoms with E-state index >= 15 is 0 Å². The summed E-state index contributed by atoms with van der Waals surface area (Å²) in [5.74, 6) is -0.512. The molecule has 0 aliphatic carbocycles. The standard InChI is InChI=1S/C24H19Cl2NO3/c1-15-7-2-3-8-16(15)21-17-9-4-5-11-19(17)27(23(21)24(28)29)13-14-30-20-12-6-10-18(25)22(20)26/h2-12H,13-14H2,1H3,(H,28,29). The number of halogens is 2. The number of benzene rings is 3. The summed E-state index contributed by atoms with van der Waals surface area (Å²) in [5, 5.41) is 11.7. The second-order valence-corrected chi connectivity index (χ2v) is 7.70. The van der Waals surface area contributed by atoms with Crippen LogP contribution in [0.2, 0.25) is 10.0 Å². The number of carbonyl (C=O) groups is 1. The van der Waals surface area contributed by atoms with Crippen molar-refractivity contribution >= 4 is 40.1 Å². The highest BCUT2D eigenvalue weighted by atomic mass is 35.5. The number of ether oxygens (including phenoxy) is 1. The minimum Gasteiger partial charge on any atom is -0.490 e. The van der Waals surface area contributed by atoms with Gasteiger partial charge in [-0.05, 0) is 36.2 Å². The molecule has 30 heavy (non-hydrogen) atoms. The van der Waals surface area contributed by atoms with Crippen molar-refractivity contribution in [3.63, 3.8) is 0 Å². The number of para-hydroxylation sites is 1. The number of hydrogen-bond donors (Lipinski definition) is 1. The number of aromatic nitrogens is 1. The van der Waals surface area contributed by atoms with E-state index in [1.54, 1.807) is 22.8 Å². The number of rotatable bonds is 6. The smallest absolute Gasteiger partial charge is 0.353 e. The normalized spacial score (nSPS) is 11.0. The van der Waals surface area contributed by atoms with Gasteiger partial charge in [0, 0.05) is 16.5 Å². The number of fused-ring (bicyclic) bond motifs is 1. The maximum Gasteiger partial charge on any atom is 0.353 e. The summed E-state index contributed by atoms with van der Waals surface area (Å²) >= 11 is 12.2. The maximum atomic E-state index is 12.3. The highest BCUT2D eigenvalue weighted by Gasteiger charge is 2.24. The molecule has 0 saturated heterocycles. The molecule has 0 radical (unpaired) electrons. The summed E-state index contributed by atoms with van der Waals surface area (Å²) in [7, 11) is 0. The van der Waals surface area contributed by atoms with E-state index in [0.29, 0.717) is 22.3 Å². The Hall–Kier alpha value is -2.95. The van der Waals surface area contributed by atoms with Crippen LogP contribution in [0.4, 0.5) is 0 Å². The molecule has 0 amide bonds. The van der Waals surface area contributed by atoms with Crippen molar-refractivity contribution in [2.45, 2.75) is 13.5 Å². The molecule has 4 aromatic rings. The number of hydrogen-bond acceptors (Lipinski definition) is 2. The summed E-state index contributed by atoms with van der Waals surface area (Å²) in [6, 6.07) is 20.7. The van der Waals surface area contributed by atoms with Gasteiger partial charge in [0.25, 0.3) is 0 Å². The Bertz CT molecular complexity index is 1250. The molecule has 6 heteroatoms. The van der Waals surface area contributed by atoms with E-state index in [2.05, 4.69) is 0 Å². The van der Waals surface area contributed by atoms with Gasteiger partial charge in [0.1, 0.15) is 23.1 Å². The van der Waals surface area contributed by atoms with Gasteiger partial charge in [-0.3, -0.25) is 0 Å².